The molecule has 11 heteroatoms. The molecule has 170 valence electrons. The molecule has 3 aromatic rings. The number of rotatable bonds is 8. The van der Waals surface area contributed by atoms with Gasteiger partial charge in [0.25, 0.3) is 0 Å². The lowest BCUT2D eigenvalue weighted by Gasteiger charge is -2.11. The second kappa shape index (κ2) is 10.1. The van der Waals surface area contributed by atoms with Crippen LogP contribution in [0.3, 0.4) is 0 Å². The van der Waals surface area contributed by atoms with Crippen LogP contribution in [0.5, 0.6) is 0 Å². The number of imidazole rings is 1. The van der Waals surface area contributed by atoms with E-state index in [-0.39, 0.29) is 6.61 Å². The number of nitrogens with zero attached hydrogens (tertiary/aromatic N) is 3. The monoisotopic (exact) mass is 449 g/mol. The number of benzene rings is 1. The van der Waals surface area contributed by atoms with Gasteiger partial charge in [0.2, 0.25) is 0 Å². The average Bonchev–Trinajstić information content (AvgIpc) is 3.18. The van der Waals surface area contributed by atoms with Crippen LogP contribution < -0.4 is 10.6 Å². The normalized spacial score (nSPS) is 12.1. The van der Waals surface area contributed by atoms with E-state index in [9.17, 15) is 18.0 Å². The molecule has 0 radical (unpaired) electrons. The van der Waals surface area contributed by atoms with Crippen molar-refractivity contribution in [3.8, 4) is 11.3 Å². The molecular weight excluding hydrogens is 427 g/mol. The Hall–Kier alpha value is -3.60. The van der Waals surface area contributed by atoms with Gasteiger partial charge >= 0.3 is 12.2 Å². The summed E-state index contributed by atoms with van der Waals surface area (Å²) in [5, 5.41) is 17.0. The summed E-state index contributed by atoms with van der Waals surface area (Å²) in [6.07, 6.45) is -0.511. The minimum atomic E-state index is -4.48. The van der Waals surface area contributed by atoms with Crippen LogP contribution in [0.4, 0.5) is 23.7 Å². The van der Waals surface area contributed by atoms with Gasteiger partial charge in [0, 0.05) is 36.0 Å². The number of pyridine rings is 1. The van der Waals surface area contributed by atoms with Gasteiger partial charge < -0.3 is 20.6 Å². The first kappa shape index (κ1) is 23.1. The molecule has 3 rings (SSSR count). The molecule has 0 saturated carbocycles. The smallest absolute Gasteiger partial charge is 0.396 e. The Morgan fingerprint density at radius 2 is 2.09 bits per heavy atom. The molecule has 3 N–H and O–H groups in total. The first-order chi connectivity index (χ1) is 15.3. The van der Waals surface area contributed by atoms with Crippen LogP contribution in [-0.4, -0.2) is 52.2 Å². The van der Waals surface area contributed by atoms with Gasteiger partial charge in [-0.3, -0.25) is 4.40 Å². The van der Waals surface area contributed by atoms with Crippen molar-refractivity contribution in [1.82, 2.24) is 14.7 Å². The van der Waals surface area contributed by atoms with Gasteiger partial charge in [-0.05, 0) is 31.2 Å². The Kier molecular flexibility index (Phi) is 7.31. The molecular formula is C21H22F3N5O3. The predicted octanol–water partition coefficient (Wildman–Crippen LogP) is 3.81. The summed E-state index contributed by atoms with van der Waals surface area (Å²) in [5.41, 5.74) is 3.93. The van der Waals surface area contributed by atoms with E-state index in [2.05, 4.69) is 15.5 Å². The molecule has 2 heterocycles. The van der Waals surface area contributed by atoms with Crippen LogP contribution in [0.15, 0.2) is 53.9 Å². The zero-order valence-electron chi connectivity index (χ0n) is 17.2. The summed E-state index contributed by atoms with van der Waals surface area (Å²) in [5.74, 6) is 0. The summed E-state index contributed by atoms with van der Waals surface area (Å²) in [6.45, 7) is 0.742. The zero-order chi connectivity index (χ0) is 23.1. The molecule has 0 unspecified atom stereocenters. The topological polar surface area (TPSA) is 100 Å². The lowest BCUT2D eigenvalue weighted by atomic mass is 10.1. The van der Waals surface area contributed by atoms with Crippen molar-refractivity contribution in [1.29, 1.82) is 0 Å². The molecule has 0 bridgehead atoms. The van der Waals surface area contributed by atoms with Crippen molar-refractivity contribution in [3.05, 3.63) is 54.4 Å². The maximum Gasteiger partial charge on any atom is 0.405 e. The van der Waals surface area contributed by atoms with Gasteiger partial charge in [-0.1, -0.05) is 17.3 Å². The first-order valence-corrected chi connectivity index (χ1v) is 9.74. The van der Waals surface area contributed by atoms with Crippen LogP contribution in [0.1, 0.15) is 18.9 Å². The number of halogens is 3. The fraction of sp³-hybridized carbons (Fsp3) is 0.286. The van der Waals surface area contributed by atoms with Gasteiger partial charge in [-0.25, -0.2) is 9.78 Å². The summed E-state index contributed by atoms with van der Waals surface area (Å²) < 4.78 is 38.6. The van der Waals surface area contributed by atoms with Gasteiger partial charge in [-0.2, -0.15) is 13.2 Å². The van der Waals surface area contributed by atoms with Gasteiger partial charge in [0.15, 0.2) is 0 Å². The number of nitrogens with one attached hydrogen (secondary N) is 2. The van der Waals surface area contributed by atoms with Gasteiger partial charge in [0.05, 0.1) is 17.6 Å². The van der Waals surface area contributed by atoms with Crippen molar-refractivity contribution in [2.24, 2.45) is 5.16 Å². The van der Waals surface area contributed by atoms with E-state index in [4.69, 9.17) is 9.94 Å². The second-order valence-corrected chi connectivity index (χ2v) is 6.88. The number of alkyl halides is 3. The number of anilines is 1. The number of hydrogen-bond acceptors (Lipinski definition) is 5. The lowest BCUT2D eigenvalue weighted by molar-refractivity contribution is -0.122. The highest BCUT2D eigenvalue weighted by molar-refractivity contribution is 5.99. The number of fused-ring (bicyclic) bond motifs is 1. The number of carbonyl (C=O) groups is 1. The highest BCUT2D eigenvalue weighted by atomic mass is 19.4. The minimum Gasteiger partial charge on any atom is -0.396 e. The maximum atomic E-state index is 12.2. The summed E-state index contributed by atoms with van der Waals surface area (Å²) in [4.78, 5) is 21.3. The zero-order valence-corrected chi connectivity index (χ0v) is 17.2. The number of aliphatic hydroxyl groups excluding tert-OH is 1. The van der Waals surface area contributed by atoms with Crippen LogP contribution in [0, 0.1) is 0 Å². The Balaban J connectivity index is 1.76. The maximum absolute atomic E-state index is 12.2. The van der Waals surface area contributed by atoms with Crippen molar-refractivity contribution in [2.45, 2.75) is 19.5 Å². The van der Waals surface area contributed by atoms with E-state index in [1.165, 1.54) is 0 Å². The van der Waals surface area contributed by atoms with Crippen LogP contribution in [0.25, 0.3) is 16.9 Å². The van der Waals surface area contributed by atoms with Gasteiger partial charge in [0.1, 0.15) is 18.8 Å². The summed E-state index contributed by atoms with van der Waals surface area (Å²) >= 11 is 0. The summed E-state index contributed by atoms with van der Waals surface area (Å²) in [6, 6.07) is 9.45. The van der Waals surface area contributed by atoms with Crippen molar-refractivity contribution < 1.29 is 27.9 Å². The highest BCUT2D eigenvalue weighted by Crippen LogP contribution is 2.24. The number of carbonyl (C=O) groups excluding carboxylic acids is 1. The van der Waals surface area contributed by atoms with Gasteiger partial charge in [-0.15, -0.1) is 0 Å². The van der Waals surface area contributed by atoms with E-state index < -0.39 is 18.8 Å². The molecule has 0 aliphatic rings. The van der Waals surface area contributed by atoms with Crippen molar-refractivity contribution in [3.63, 3.8) is 0 Å². The molecule has 32 heavy (non-hydrogen) atoms. The van der Waals surface area contributed by atoms with Crippen LogP contribution in [-0.2, 0) is 4.84 Å². The van der Waals surface area contributed by atoms with E-state index in [1.807, 2.05) is 22.7 Å². The molecule has 0 saturated heterocycles. The fourth-order valence-electron chi connectivity index (χ4n) is 2.86. The Bertz CT molecular complexity index is 1110. The number of oxime groups is 1. The van der Waals surface area contributed by atoms with E-state index in [1.54, 1.807) is 42.7 Å². The van der Waals surface area contributed by atoms with Crippen LogP contribution >= 0.6 is 0 Å². The van der Waals surface area contributed by atoms with E-state index >= 15 is 0 Å². The molecule has 0 fully saturated rings. The Morgan fingerprint density at radius 1 is 1.28 bits per heavy atom. The fourth-order valence-corrected chi connectivity index (χ4v) is 2.86. The first-order valence-electron chi connectivity index (χ1n) is 9.74. The van der Waals surface area contributed by atoms with E-state index in [0.717, 1.165) is 16.8 Å². The Labute approximate surface area is 181 Å². The number of urea groups is 1. The molecule has 0 aliphatic carbocycles. The largest absolute Gasteiger partial charge is 0.405 e. The molecule has 0 aliphatic heterocycles. The summed E-state index contributed by atoms with van der Waals surface area (Å²) in [7, 11) is 0. The number of amides is 2. The molecule has 0 atom stereocenters. The number of hydrogen-bond donors (Lipinski definition) is 3. The molecule has 8 nitrogen and oxygen atoms in total. The third-order valence-electron chi connectivity index (χ3n) is 4.39. The molecule has 2 amide bonds. The molecule has 2 aromatic heterocycles. The van der Waals surface area contributed by atoms with Crippen molar-refractivity contribution in [2.75, 3.05) is 25.1 Å². The number of aliphatic hydroxyl groups is 1. The predicted molar refractivity (Wildman–Crippen MR) is 114 cm³/mol. The second-order valence-electron chi connectivity index (χ2n) is 6.88. The highest BCUT2D eigenvalue weighted by Gasteiger charge is 2.27. The third kappa shape index (κ3) is 6.20. The lowest BCUT2D eigenvalue weighted by Crippen LogP contribution is -2.36. The Morgan fingerprint density at radius 3 is 2.84 bits per heavy atom. The molecule has 1 aromatic carbocycles. The molecule has 0 spiro atoms. The third-order valence-corrected chi connectivity index (χ3v) is 4.39. The standard InChI is InChI=1S/C21H22F3N5O3/c1-14(28-32-9-3-8-30)15-6-7-29-18(12-25-19(29)11-15)16-4-2-5-17(10-16)27-20(31)26-13-21(22,23)24/h2,4-7,10-12,30H,3,8-9,13H2,1H3,(H2,26,27,31)/b28-14+. The SMILES string of the molecule is C/C(=N\OCCCO)c1ccn2c(-c3cccc(NC(=O)NCC(F)(F)F)c3)cnc2c1. The number of aromatic nitrogens is 2. The minimum absolute atomic E-state index is 0.0341. The quantitative estimate of drug-likeness (QED) is 0.277. The average molecular weight is 449 g/mol. The van der Waals surface area contributed by atoms with Crippen LogP contribution in [0.2, 0.25) is 0 Å². The van der Waals surface area contributed by atoms with E-state index in [0.29, 0.717) is 30.1 Å². The van der Waals surface area contributed by atoms with Crippen molar-refractivity contribution >= 4 is 23.1 Å².